The summed E-state index contributed by atoms with van der Waals surface area (Å²) in [5.41, 5.74) is 0. The third-order valence-corrected chi connectivity index (χ3v) is 3.59. The van der Waals surface area contributed by atoms with Crippen molar-refractivity contribution in [3.63, 3.8) is 0 Å². The van der Waals surface area contributed by atoms with Crippen LogP contribution < -0.4 is 0 Å². The molecule has 0 aliphatic heterocycles. The van der Waals surface area contributed by atoms with Crippen LogP contribution in [-0.4, -0.2) is 18.0 Å². The standard InChI is InChI=1S/C15H29ClO2/c1-3-5-6-7-8-9-10-11-12-13-18-15(17)14(16)4-2/h14H,3-13H2,1-2H3. The molecule has 0 aromatic heterocycles. The number of carbonyl (C=O) groups is 1. The first-order valence-corrected chi connectivity index (χ1v) is 7.96. The van der Waals surface area contributed by atoms with Gasteiger partial charge in [-0.2, -0.15) is 0 Å². The van der Waals surface area contributed by atoms with Crippen molar-refractivity contribution in [3.05, 3.63) is 0 Å². The third-order valence-electron chi connectivity index (χ3n) is 3.11. The smallest absolute Gasteiger partial charge is 0.324 e. The van der Waals surface area contributed by atoms with E-state index in [1.54, 1.807) is 0 Å². The maximum absolute atomic E-state index is 11.3. The Kier molecular flexibility index (Phi) is 13.0. The summed E-state index contributed by atoms with van der Waals surface area (Å²) >= 11 is 5.76. The maximum Gasteiger partial charge on any atom is 0.324 e. The molecule has 0 rings (SSSR count). The molecule has 0 aliphatic carbocycles. The second-order valence-electron chi connectivity index (χ2n) is 4.87. The van der Waals surface area contributed by atoms with Gasteiger partial charge in [0, 0.05) is 0 Å². The van der Waals surface area contributed by atoms with Gasteiger partial charge in [0.15, 0.2) is 0 Å². The molecule has 0 aromatic rings. The fraction of sp³-hybridized carbons (Fsp3) is 0.933. The Morgan fingerprint density at radius 2 is 1.44 bits per heavy atom. The first-order chi connectivity index (χ1) is 8.72. The van der Waals surface area contributed by atoms with Gasteiger partial charge in [-0.05, 0) is 12.8 Å². The molecule has 0 saturated heterocycles. The Hall–Kier alpha value is -0.240. The lowest BCUT2D eigenvalue weighted by Crippen LogP contribution is -2.17. The van der Waals surface area contributed by atoms with E-state index in [9.17, 15) is 4.79 Å². The lowest BCUT2D eigenvalue weighted by Gasteiger charge is -2.07. The highest BCUT2D eigenvalue weighted by Crippen LogP contribution is 2.10. The Morgan fingerprint density at radius 3 is 1.94 bits per heavy atom. The SMILES string of the molecule is CCCCCCCCCCCOC(=O)C(Cl)CC. The summed E-state index contributed by atoms with van der Waals surface area (Å²) in [6.07, 6.45) is 12.1. The summed E-state index contributed by atoms with van der Waals surface area (Å²) in [5.74, 6) is -0.265. The van der Waals surface area contributed by atoms with Crippen molar-refractivity contribution < 1.29 is 9.53 Å². The molecule has 1 unspecified atom stereocenters. The fourth-order valence-electron chi connectivity index (χ4n) is 1.84. The van der Waals surface area contributed by atoms with E-state index < -0.39 is 5.38 Å². The van der Waals surface area contributed by atoms with Crippen molar-refractivity contribution in [1.29, 1.82) is 0 Å². The summed E-state index contributed by atoms with van der Waals surface area (Å²) in [5, 5.41) is -0.469. The third kappa shape index (κ3) is 10.9. The molecule has 3 heteroatoms. The van der Waals surface area contributed by atoms with Crippen LogP contribution >= 0.6 is 11.6 Å². The number of rotatable bonds is 12. The average Bonchev–Trinajstić information content (AvgIpc) is 2.39. The molecule has 0 radical (unpaired) electrons. The van der Waals surface area contributed by atoms with E-state index in [-0.39, 0.29) is 5.97 Å². The van der Waals surface area contributed by atoms with E-state index in [0.717, 1.165) is 12.8 Å². The number of alkyl halides is 1. The maximum atomic E-state index is 11.3. The molecular weight excluding hydrogens is 248 g/mol. The molecule has 108 valence electrons. The Balaban J connectivity index is 3.14. The van der Waals surface area contributed by atoms with Crippen LogP contribution in [0.2, 0.25) is 0 Å². The monoisotopic (exact) mass is 276 g/mol. The lowest BCUT2D eigenvalue weighted by atomic mass is 10.1. The highest BCUT2D eigenvalue weighted by Gasteiger charge is 2.13. The number of halogens is 1. The van der Waals surface area contributed by atoms with Gasteiger partial charge in [-0.25, -0.2) is 0 Å². The van der Waals surface area contributed by atoms with Gasteiger partial charge in [0.25, 0.3) is 0 Å². The minimum absolute atomic E-state index is 0.265. The Labute approximate surface area is 117 Å². The van der Waals surface area contributed by atoms with Gasteiger partial charge in [-0.3, -0.25) is 4.79 Å². The van der Waals surface area contributed by atoms with Gasteiger partial charge in [0.2, 0.25) is 0 Å². The molecule has 18 heavy (non-hydrogen) atoms. The van der Waals surface area contributed by atoms with Crippen LogP contribution in [0.15, 0.2) is 0 Å². The molecular formula is C15H29ClO2. The van der Waals surface area contributed by atoms with E-state index in [1.807, 2.05) is 6.92 Å². The molecule has 0 aliphatic rings. The van der Waals surface area contributed by atoms with E-state index in [4.69, 9.17) is 16.3 Å². The van der Waals surface area contributed by atoms with Gasteiger partial charge in [-0.1, -0.05) is 65.2 Å². The van der Waals surface area contributed by atoms with Crippen molar-refractivity contribution in [3.8, 4) is 0 Å². The number of unbranched alkanes of at least 4 members (excludes halogenated alkanes) is 8. The first-order valence-electron chi connectivity index (χ1n) is 7.53. The minimum atomic E-state index is -0.469. The highest BCUT2D eigenvalue weighted by atomic mass is 35.5. The molecule has 0 amide bonds. The van der Waals surface area contributed by atoms with Gasteiger partial charge in [0.05, 0.1) is 6.61 Å². The molecule has 0 fully saturated rings. The predicted molar refractivity (Wildman–Crippen MR) is 78.1 cm³/mol. The lowest BCUT2D eigenvalue weighted by molar-refractivity contribution is -0.143. The van der Waals surface area contributed by atoms with Crippen LogP contribution in [0.5, 0.6) is 0 Å². The molecule has 2 nitrogen and oxygen atoms in total. The normalized spacial score (nSPS) is 12.4. The Bertz CT molecular complexity index is 195. The summed E-state index contributed by atoms with van der Waals surface area (Å²) in [7, 11) is 0. The van der Waals surface area contributed by atoms with Gasteiger partial charge < -0.3 is 4.74 Å². The van der Waals surface area contributed by atoms with Crippen molar-refractivity contribution in [2.75, 3.05) is 6.61 Å². The second kappa shape index (κ2) is 13.2. The number of esters is 1. The molecule has 0 aromatic carbocycles. The van der Waals surface area contributed by atoms with Crippen LogP contribution in [0.3, 0.4) is 0 Å². The highest BCUT2D eigenvalue weighted by molar-refractivity contribution is 6.29. The molecule has 0 heterocycles. The summed E-state index contributed by atoms with van der Waals surface area (Å²) < 4.78 is 5.08. The number of hydrogen-bond donors (Lipinski definition) is 0. The van der Waals surface area contributed by atoms with E-state index in [2.05, 4.69) is 6.92 Å². The summed E-state index contributed by atoms with van der Waals surface area (Å²) in [6, 6.07) is 0. The number of carbonyl (C=O) groups excluding carboxylic acids is 1. The molecule has 0 spiro atoms. The van der Waals surface area contributed by atoms with Gasteiger partial charge >= 0.3 is 5.97 Å². The second-order valence-corrected chi connectivity index (χ2v) is 5.40. The summed E-state index contributed by atoms with van der Waals surface area (Å²) in [6.45, 7) is 4.65. The number of hydrogen-bond acceptors (Lipinski definition) is 2. The first kappa shape index (κ1) is 17.8. The quantitative estimate of drug-likeness (QED) is 0.282. The van der Waals surface area contributed by atoms with Crippen LogP contribution in [0.1, 0.15) is 78.1 Å². The van der Waals surface area contributed by atoms with Crippen LogP contribution in [0.25, 0.3) is 0 Å². The zero-order valence-corrected chi connectivity index (χ0v) is 12.8. The fourth-order valence-corrected chi connectivity index (χ4v) is 1.91. The zero-order chi connectivity index (χ0) is 13.6. The van der Waals surface area contributed by atoms with Crippen LogP contribution in [0, 0.1) is 0 Å². The molecule has 1 atom stereocenters. The van der Waals surface area contributed by atoms with Crippen molar-refractivity contribution in [2.24, 2.45) is 0 Å². The van der Waals surface area contributed by atoms with Crippen LogP contribution in [-0.2, 0) is 9.53 Å². The van der Waals surface area contributed by atoms with Gasteiger partial charge in [0.1, 0.15) is 5.38 Å². The van der Waals surface area contributed by atoms with Crippen molar-refractivity contribution in [2.45, 2.75) is 83.4 Å². The van der Waals surface area contributed by atoms with E-state index in [0.29, 0.717) is 13.0 Å². The summed E-state index contributed by atoms with van der Waals surface area (Å²) in [4.78, 5) is 11.3. The predicted octanol–water partition coefficient (Wildman–Crippen LogP) is 5.08. The zero-order valence-electron chi connectivity index (χ0n) is 12.0. The number of ether oxygens (including phenoxy) is 1. The van der Waals surface area contributed by atoms with E-state index >= 15 is 0 Å². The average molecular weight is 277 g/mol. The van der Waals surface area contributed by atoms with E-state index in [1.165, 1.54) is 44.9 Å². The van der Waals surface area contributed by atoms with Crippen molar-refractivity contribution in [1.82, 2.24) is 0 Å². The van der Waals surface area contributed by atoms with Crippen LogP contribution in [0.4, 0.5) is 0 Å². The minimum Gasteiger partial charge on any atom is -0.465 e. The molecule has 0 saturated carbocycles. The largest absolute Gasteiger partial charge is 0.465 e. The topological polar surface area (TPSA) is 26.3 Å². The van der Waals surface area contributed by atoms with Gasteiger partial charge in [-0.15, -0.1) is 11.6 Å². The molecule has 0 bridgehead atoms. The van der Waals surface area contributed by atoms with Crippen molar-refractivity contribution >= 4 is 17.6 Å². The Morgan fingerprint density at radius 1 is 0.944 bits per heavy atom. The molecule has 0 N–H and O–H groups in total.